The lowest BCUT2D eigenvalue weighted by molar-refractivity contribution is 0.0856. The van der Waals surface area contributed by atoms with Crippen molar-refractivity contribution in [3.05, 3.63) is 29.3 Å². The molecule has 0 unspecified atom stereocenters. The number of benzene rings is 1. The van der Waals surface area contributed by atoms with Crippen LogP contribution < -0.4 is 5.32 Å². The van der Waals surface area contributed by atoms with Crippen LogP contribution in [0.25, 0.3) is 0 Å². The smallest absolute Gasteiger partial charge is 0.251 e. The van der Waals surface area contributed by atoms with E-state index in [1.54, 1.807) is 25.1 Å². The van der Waals surface area contributed by atoms with Crippen molar-refractivity contribution in [2.24, 2.45) is 0 Å². The minimum absolute atomic E-state index is 0.0627. The van der Waals surface area contributed by atoms with E-state index in [1.165, 1.54) is 6.42 Å². The van der Waals surface area contributed by atoms with Crippen LogP contribution in [0, 0.1) is 6.92 Å². The molecule has 0 aliphatic heterocycles. The fourth-order valence-electron chi connectivity index (χ4n) is 2.01. The van der Waals surface area contributed by atoms with Gasteiger partial charge in [0.1, 0.15) is 5.75 Å². The third-order valence-corrected chi connectivity index (χ3v) is 4.48. The number of carbonyl (C=O) groups excluding carboxylic acids is 1. The van der Waals surface area contributed by atoms with Crippen LogP contribution in [0.1, 0.15) is 35.2 Å². The Hall–Kier alpha value is -1.03. The van der Waals surface area contributed by atoms with Crippen molar-refractivity contribution in [2.45, 2.75) is 31.7 Å². The Labute approximate surface area is 109 Å². The SMILES string of the molecule is Cc1cc(C(=O)NC2(CBr)CCC2)ccc1O. The summed E-state index contributed by atoms with van der Waals surface area (Å²) in [5.74, 6) is 0.160. The molecule has 1 saturated carbocycles. The molecule has 3 nitrogen and oxygen atoms in total. The third kappa shape index (κ3) is 2.46. The molecule has 1 aromatic rings. The van der Waals surface area contributed by atoms with Gasteiger partial charge in [0.25, 0.3) is 5.91 Å². The second-order valence-corrected chi connectivity index (χ2v) is 5.28. The zero-order valence-electron chi connectivity index (χ0n) is 9.79. The van der Waals surface area contributed by atoms with Crippen molar-refractivity contribution >= 4 is 21.8 Å². The first kappa shape index (κ1) is 12.4. The number of hydrogen-bond donors (Lipinski definition) is 2. The summed E-state index contributed by atoms with van der Waals surface area (Å²) >= 11 is 3.46. The number of carbonyl (C=O) groups is 1. The van der Waals surface area contributed by atoms with Gasteiger partial charge in [-0.3, -0.25) is 4.79 Å². The van der Waals surface area contributed by atoms with E-state index < -0.39 is 0 Å². The molecule has 1 aliphatic carbocycles. The van der Waals surface area contributed by atoms with E-state index in [2.05, 4.69) is 21.2 Å². The van der Waals surface area contributed by atoms with Crippen molar-refractivity contribution < 1.29 is 9.90 Å². The van der Waals surface area contributed by atoms with Crippen LogP contribution in [0.15, 0.2) is 18.2 Å². The maximum absolute atomic E-state index is 12.1. The van der Waals surface area contributed by atoms with E-state index in [0.29, 0.717) is 5.56 Å². The number of amides is 1. The predicted molar refractivity (Wildman–Crippen MR) is 70.7 cm³/mol. The maximum atomic E-state index is 12.1. The molecule has 0 radical (unpaired) electrons. The molecule has 0 saturated heterocycles. The zero-order valence-corrected chi connectivity index (χ0v) is 11.4. The molecular weight excluding hydrogens is 282 g/mol. The molecule has 92 valence electrons. The number of rotatable bonds is 3. The van der Waals surface area contributed by atoms with Gasteiger partial charge in [-0.25, -0.2) is 0 Å². The highest BCUT2D eigenvalue weighted by Gasteiger charge is 2.37. The minimum atomic E-state index is -0.0666. The fraction of sp³-hybridized carbons (Fsp3) is 0.462. The highest BCUT2D eigenvalue weighted by Crippen LogP contribution is 2.33. The number of halogens is 1. The Kier molecular flexibility index (Phi) is 3.43. The van der Waals surface area contributed by atoms with Crippen LogP contribution in [-0.4, -0.2) is 21.9 Å². The topological polar surface area (TPSA) is 49.3 Å². The fourth-order valence-corrected chi connectivity index (χ4v) is 2.71. The molecule has 2 rings (SSSR count). The Bertz CT molecular complexity index is 436. The second kappa shape index (κ2) is 4.69. The first-order valence-electron chi connectivity index (χ1n) is 5.74. The number of aryl methyl sites for hydroxylation is 1. The van der Waals surface area contributed by atoms with Gasteiger partial charge in [-0.2, -0.15) is 0 Å². The van der Waals surface area contributed by atoms with E-state index >= 15 is 0 Å². The number of aromatic hydroxyl groups is 1. The van der Waals surface area contributed by atoms with Crippen LogP contribution in [0.4, 0.5) is 0 Å². The number of phenols is 1. The number of nitrogens with one attached hydrogen (secondary N) is 1. The van der Waals surface area contributed by atoms with Gasteiger partial charge in [0.05, 0.1) is 5.54 Å². The van der Waals surface area contributed by atoms with E-state index in [4.69, 9.17) is 0 Å². The van der Waals surface area contributed by atoms with Gasteiger partial charge in [0, 0.05) is 10.9 Å². The van der Waals surface area contributed by atoms with Crippen molar-refractivity contribution in [3.63, 3.8) is 0 Å². The molecule has 0 aromatic heterocycles. The van der Waals surface area contributed by atoms with Gasteiger partial charge in [-0.15, -0.1) is 0 Å². The van der Waals surface area contributed by atoms with Crippen molar-refractivity contribution in [1.29, 1.82) is 0 Å². The number of hydrogen-bond acceptors (Lipinski definition) is 2. The number of alkyl halides is 1. The minimum Gasteiger partial charge on any atom is -0.508 e. The summed E-state index contributed by atoms with van der Waals surface area (Å²) in [4.78, 5) is 12.1. The van der Waals surface area contributed by atoms with Crippen molar-refractivity contribution in [2.75, 3.05) is 5.33 Å². The van der Waals surface area contributed by atoms with Gasteiger partial charge in [0.15, 0.2) is 0 Å². The van der Waals surface area contributed by atoms with Crippen LogP contribution in [0.5, 0.6) is 5.75 Å². The molecule has 0 spiro atoms. The van der Waals surface area contributed by atoms with Gasteiger partial charge < -0.3 is 10.4 Å². The highest BCUT2D eigenvalue weighted by molar-refractivity contribution is 9.09. The van der Waals surface area contributed by atoms with Gasteiger partial charge in [-0.1, -0.05) is 15.9 Å². The van der Waals surface area contributed by atoms with E-state index in [0.717, 1.165) is 23.7 Å². The molecule has 17 heavy (non-hydrogen) atoms. The third-order valence-electron chi connectivity index (χ3n) is 3.40. The molecule has 0 bridgehead atoms. The largest absolute Gasteiger partial charge is 0.508 e. The van der Waals surface area contributed by atoms with Crippen LogP contribution in [-0.2, 0) is 0 Å². The molecule has 1 aliphatic rings. The van der Waals surface area contributed by atoms with Gasteiger partial charge in [-0.05, 0) is 49.9 Å². The maximum Gasteiger partial charge on any atom is 0.251 e. The second-order valence-electron chi connectivity index (χ2n) is 4.72. The summed E-state index contributed by atoms with van der Waals surface area (Å²) in [5.41, 5.74) is 1.26. The quantitative estimate of drug-likeness (QED) is 0.843. The Morgan fingerprint density at radius 3 is 2.71 bits per heavy atom. The Morgan fingerprint density at radius 2 is 2.24 bits per heavy atom. The first-order valence-corrected chi connectivity index (χ1v) is 6.87. The summed E-state index contributed by atoms with van der Waals surface area (Å²) in [6.07, 6.45) is 3.22. The van der Waals surface area contributed by atoms with Crippen molar-refractivity contribution in [3.8, 4) is 5.75 Å². The normalized spacial score (nSPS) is 17.3. The van der Waals surface area contributed by atoms with Crippen molar-refractivity contribution in [1.82, 2.24) is 5.32 Å². The summed E-state index contributed by atoms with van der Waals surface area (Å²) in [6, 6.07) is 4.93. The molecule has 1 fully saturated rings. The molecular formula is C13H16BrNO2. The average Bonchev–Trinajstić information content (AvgIpc) is 2.27. The molecule has 0 heterocycles. The average molecular weight is 298 g/mol. The lowest BCUT2D eigenvalue weighted by Crippen LogP contribution is -2.54. The number of phenolic OH excluding ortho intramolecular Hbond substituents is 1. The highest BCUT2D eigenvalue weighted by atomic mass is 79.9. The first-order chi connectivity index (χ1) is 8.06. The van der Waals surface area contributed by atoms with E-state index in [1.807, 2.05) is 0 Å². The monoisotopic (exact) mass is 297 g/mol. The Balaban J connectivity index is 2.11. The predicted octanol–water partition coefficient (Wildman–Crippen LogP) is 2.75. The lowest BCUT2D eigenvalue weighted by Gasteiger charge is -2.41. The Morgan fingerprint density at radius 1 is 1.53 bits per heavy atom. The van der Waals surface area contributed by atoms with Gasteiger partial charge in [0.2, 0.25) is 0 Å². The van der Waals surface area contributed by atoms with Crippen LogP contribution >= 0.6 is 15.9 Å². The standard InChI is InChI=1S/C13H16BrNO2/c1-9-7-10(3-4-11(9)16)12(17)15-13(8-14)5-2-6-13/h3-4,7,16H,2,5-6,8H2,1H3,(H,15,17). The lowest BCUT2D eigenvalue weighted by atomic mass is 9.78. The molecule has 2 N–H and O–H groups in total. The summed E-state index contributed by atoms with van der Waals surface area (Å²) in [5, 5.41) is 13.3. The summed E-state index contributed by atoms with van der Waals surface area (Å²) < 4.78 is 0. The summed E-state index contributed by atoms with van der Waals surface area (Å²) in [7, 11) is 0. The van der Waals surface area contributed by atoms with Crippen LogP contribution in [0.2, 0.25) is 0 Å². The zero-order chi connectivity index (χ0) is 12.5. The molecule has 1 amide bonds. The van der Waals surface area contributed by atoms with E-state index in [-0.39, 0.29) is 17.2 Å². The molecule has 1 aromatic carbocycles. The van der Waals surface area contributed by atoms with Gasteiger partial charge >= 0.3 is 0 Å². The summed E-state index contributed by atoms with van der Waals surface area (Å²) in [6.45, 7) is 1.79. The van der Waals surface area contributed by atoms with E-state index in [9.17, 15) is 9.90 Å². The molecule has 4 heteroatoms. The molecule has 0 atom stereocenters. The van der Waals surface area contributed by atoms with Crippen LogP contribution in [0.3, 0.4) is 0 Å².